The lowest BCUT2D eigenvalue weighted by atomic mass is 10.0. The SMILES string of the molecule is CN(C(=O)CCSc1ncc[nH]1)c1ccc(Cl)cc1C(=O)c1ccccc1Cl. The molecule has 0 saturated heterocycles. The zero-order valence-corrected chi connectivity index (χ0v) is 17.3. The summed E-state index contributed by atoms with van der Waals surface area (Å²) >= 11 is 13.7. The van der Waals surface area contributed by atoms with Crippen LogP contribution in [0.5, 0.6) is 0 Å². The monoisotopic (exact) mass is 433 g/mol. The Morgan fingerprint density at radius 2 is 1.93 bits per heavy atom. The number of benzene rings is 2. The third-order valence-electron chi connectivity index (χ3n) is 4.09. The second kappa shape index (κ2) is 9.28. The first kappa shape index (κ1) is 20.5. The number of rotatable bonds is 7. The molecule has 28 heavy (non-hydrogen) atoms. The van der Waals surface area contributed by atoms with Crippen molar-refractivity contribution in [3.05, 3.63) is 76.0 Å². The van der Waals surface area contributed by atoms with Gasteiger partial charge in [0.05, 0.1) is 10.7 Å². The Kier molecular flexibility index (Phi) is 6.78. The van der Waals surface area contributed by atoms with Crippen molar-refractivity contribution in [3.8, 4) is 0 Å². The Labute approximate surface area is 177 Å². The third kappa shape index (κ3) is 4.76. The van der Waals surface area contributed by atoms with Gasteiger partial charge in [0.15, 0.2) is 10.9 Å². The lowest BCUT2D eigenvalue weighted by molar-refractivity contribution is -0.117. The molecule has 0 aliphatic carbocycles. The van der Waals surface area contributed by atoms with Crippen LogP contribution in [0.4, 0.5) is 5.69 Å². The van der Waals surface area contributed by atoms with E-state index < -0.39 is 0 Å². The van der Waals surface area contributed by atoms with E-state index in [0.717, 1.165) is 5.16 Å². The van der Waals surface area contributed by atoms with Gasteiger partial charge in [0.2, 0.25) is 5.91 Å². The number of halogens is 2. The zero-order chi connectivity index (χ0) is 20.1. The number of anilines is 1. The first-order chi connectivity index (χ1) is 13.5. The van der Waals surface area contributed by atoms with Crippen molar-refractivity contribution in [1.82, 2.24) is 9.97 Å². The van der Waals surface area contributed by atoms with Crippen LogP contribution in [-0.4, -0.2) is 34.5 Å². The van der Waals surface area contributed by atoms with E-state index in [0.29, 0.717) is 39.0 Å². The van der Waals surface area contributed by atoms with Crippen LogP contribution >= 0.6 is 35.0 Å². The number of nitrogens with one attached hydrogen (secondary N) is 1. The number of hydrogen-bond acceptors (Lipinski definition) is 4. The number of amides is 1. The van der Waals surface area contributed by atoms with Crippen LogP contribution in [0.2, 0.25) is 10.0 Å². The van der Waals surface area contributed by atoms with E-state index in [1.165, 1.54) is 16.7 Å². The highest BCUT2D eigenvalue weighted by Gasteiger charge is 2.21. The molecule has 0 aliphatic heterocycles. The molecule has 3 aromatic rings. The molecule has 1 heterocycles. The average Bonchev–Trinajstić information content (AvgIpc) is 3.20. The summed E-state index contributed by atoms with van der Waals surface area (Å²) in [7, 11) is 1.65. The fraction of sp³-hybridized carbons (Fsp3) is 0.150. The fourth-order valence-electron chi connectivity index (χ4n) is 2.64. The highest BCUT2D eigenvalue weighted by Crippen LogP contribution is 2.29. The molecule has 0 saturated carbocycles. The second-order valence-electron chi connectivity index (χ2n) is 5.92. The summed E-state index contributed by atoms with van der Waals surface area (Å²) in [5.41, 5.74) is 1.18. The Morgan fingerprint density at radius 1 is 1.14 bits per heavy atom. The molecular formula is C20H17Cl2N3O2S. The minimum absolute atomic E-state index is 0.116. The van der Waals surface area contributed by atoms with Crippen LogP contribution in [-0.2, 0) is 4.79 Å². The summed E-state index contributed by atoms with van der Waals surface area (Å²) in [5, 5.41) is 1.52. The fourth-order valence-corrected chi connectivity index (χ4v) is 3.79. The number of ketones is 1. The maximum absolute atomic E-state index is 13.0. The standard InChI is InChI=1S/C20H17Cl2N3O2S/c1-25(18(26)8-11-28-20-23-9-10-24-20)17-7-6-13(21)12-15(17)19(27)14-4-2-3-5-16(14)22/h2-7,9-10,12H,8,11H2,1H3,(H,23,24). The second-order valence-corrected chi connectivity index (χ2v) is 7.84. The highest BCUT2D eigenvalue weighted by molar-refractivity contribution is 7.99. The Hall–Kier alpha value is -2.28. The smallest absolute Gasteiger partial charge is 0.227 e. The van der Waals surface area contributed by atoms with Crippen molar-refractivity contribution < 1.29 is 9.59 Å². The van der Waals surface area contributed by atoms with Crippen LogP contribution < -0.4 is 4.90 Å². The van der Waals surface area contributed by atoms with Crippen LogP contribution in [0.1, 0.15) is 22.3 Å². The van der Waals surface area contributed by atoms with Gasteiger partial charge in [0.25, 0.3) is 0 Å². The Morgan fingerprint density at radius 3 is 2.64 bits per heavy atom. The number of hydrogen-bond donors (Lipinski definition) is 1. The largest absolute Gasteiger partial charge is 0.340 e. The molecule has 0 fully saturated rings. The number of thioether (sulfide) groups is 1. The average molecular weight is 434 g/mol. The Bertz CT molecular complexity index is 993. The van der Waals surface area contributed by atoms with E-state index in [-0.39, 0.29) is 11.7 Å². The third-order valence-corrected chi connectivity index (χ3v) is 5.55. The lowest BCUT2D eigenvalue weighted by Gasteiger charge is -2.21. The quantitative estimate of drug-likeness (QED) is 0.416. The molecule has 3 rings (SSSR count). The highest BCUT2D eigenvalue weighted by atomic mass is 35.5. The molecule has 0 aliphatic rings. The van der Waals surface area contributed by atoms with Crippen molar-refractivity contribution in [1.29, 1.82) is 0 Å². The molecule has 5 nitrogen and oxygen atoms in total. The summed E-state index contributed by atoms with van der Waals surface area (Å²) in [6.45, 7) is 0. The van der Waals surface area contributed by atoms with Crippen molar-refractivity contribution in [2.45, 2.75) is 11.6 Å². The van der Waals surface area contributed by atoms with Gasteiger partial charge in [-0.25, -0.2) is 4.98 Å². The summed E-state index contributed by atoms with van der Waals surface area (Å²) in [6.07, 6.45) is 3.69. The van der Waals surface area contributed by atoms with E-state index in [4.69, 9.17) is 23.2 Å². The minimum Gasteiger partial charge on any atom is -0.340 e. The molecule has 0 atom stereocenters. The minimum atomic E-state index is -0.285. The van der Waals surface area contributed by atoms with Crippen LogP contribution in [0, 0.1) is 0 Å². The van der Waals surface area contributed by atoms with Crippen LogP contribution in [0.3, 0.4) is 0 Å². The predicted molar refractivity (Wildman–Crippen MR) is 114 cm³/mol. The van der Waals surface area contributed by atoms with Gasteiger partial charge in [-0.2, -0.15) is 0 Å². The topological polar surface area (TPSA) is 66.1 Å². The normalized spacial score (nSPS) is 10.7. The van der Waals surface area contributed by atoms with E-state index in [2.05, 4.69) is 9.97 Å². The van der Waals surface area contributed by atoms with Gasteiger partial charge in [-0.1, -0.05) is 47.1 Å². The number of aromatic nitrogens is 2. The van der Waals surface area contributed by atoms with Crippen molar-refractivity contribution in [3.63, 3.8) is 0 Å². The maximum atomic E-state index is 13.0. The molecule has 0 radical (unpaired) electrons. The molecule has 2 aromatic carbocycles. The van der Waals surface area contributed by atoms with Crippen molar-refractivity contribution in [2.75, 3.05) is 17.7 Å². The van der Waals surface area contributed by atoms with Crippen molar-refractivity contribution in [2.24, 2.45) is 0 Å². The summed E-state index contributed by atoms with van der Waals surface area (Å²) in [4.78, 5) is 34.3. The van der Waals surface area contributed by atoms with Crippen LogP contribution in [0.25, 0.3) is 0 Å². The number of imidazole rings is 1. The number of H-pyrrole nitrogens is 1. The van der Waals surface area contributed by atoms with Crippen LogP contribution in [0.15, 0.2) is 60.0 Å². The summed E-state index contributed by atoms with van der Waals surface area (Å²) in [5.74, 6) is 0.167. The maximum Gasteiger partial charge on any atom is 0.227 e. The number of nitrogens with zero attached hydrogens (tertiary/aromatic N) is 2. The van der Waals surface area contributed by atoms with Gasteiger partial charge < -0.3 is 9.88 Å². The molecule has 0 bridgehead atoms. The lowest BCUT2D eigenvalue weighted by Crippen LogP contribution is -2.28. The first-order valence-corrected chi connectivity index (χ1v) is 10.2. The number of carbonyl (C=O) groups excluding carboxylic acids is 2. The van der Waals surface area contributed by atoms with Gasteiger partial charge in [-0.15, -0.1) is 0 Å². The van der Waals surface area contributed by atoms with Gasteiger partial charge in [0.1, 0.15) is 0 Å². The summed E-state index contributed by atoms with van der Waals surface area (Å²) < 4.78 is 0. The van der Waals surface area contributed by atoms with E-state index in [1.54, 1.807) is 61.9 Å². The van der Waals surface area contributed by atoms with Gasteiger partial charge in [-0.05, 0) is 30.3 Å². The molecule has 0 spiro atoms. The molecule has 1 N–H and O–H groups in total. The molecule has 8 heteroatoms. The van der Waals surface area contributed by atoms with Crippen molar-refractivity contribution >= 4 is 52.3 Å². The predicted octanol–water partition coefficient (Wildman–Crippen LogP) is 5.09. The molecular weight excluding hydrogens is 417 g/mol. The summed E-state index contributed by atoms with van der Waals surface area (Å²) in [6, 6.07) is 11.7. The van der Waals surface area contributed by atoms with Gasteiger partial charge >= 0.3 is 0 Å². The van der Waals surface area contributed by atoms with E-state index in [1.807, 2.05) is 0 Å². The molecule has 1 amide bonds. The van der Waals surface area contributed by atoms with E-state index >= 15 is 0 Å². The van der Waals surface area contributed by atoms with Gasteiger partial charge in [-0.3, -0.25) is 9.59 Å². The zero-order valence-electron chi connectivity index (χ0n) is 15.0. The first-order valence-electron chi connectivity index (χ1n) is 8.45. The Balaban J connectivity index is 1.80. The molecule has 1 aromatic heterocycles. The van der Waals surface area contributed by atoms with Gasteiger partial charge in [0, 0.05) is 47.8 Å². The number of carbonyl (C=O) groups is 2. The molecule has 144 valence electrons. The number of aromatic amines is 1. The van der Waals surface area contributed by atoms with E-state index in [9.17, 15) is 9.59 Å². The molecule has 0 unspecified atom stereocenters.